The highest BCUT2D eigenvalue weighted by atomic mass is 16.7. The fourth-order valence-electron chi connectivity index (χ4n) is 3.30. The lowest BCUT2D eigenvalue weighted by atomic mass is 10.0. The van der Waals surface area contributed by atoms with Gasteiger partial charge in [0.25, 0.3) is 11.8 Å². The molecule has 1 atom stereocenters. The molecule has 0 saturated heterocycles. The Morgan fingerprint density at radius 2 is 1.55 bits per heavy atom. The molecule has 9 nitrogen and oxygen atoms in total. The zero-order valence-electron chi connectivity index (χ0n) is 18.9. The number of hydrogen-bond donors (Lipinski definition) is 1. The average molecular weight is 454 g/mol. The number of carbonyl (C=O) groups excluding carboxylic acids is 4. The number of nitrogens with zero attached hydrogens (tertiary/aromatic N) is 1. The smallest absolute Gasteiger partial charge is 0.408 e. The van der Waals surface area contributed by atoms with Crippen molar-refractivity contribution in [3.63, 3.8) is 0 Å². The van der Waals surface area contributed by atoms with Gasteiger partial charge in [-0.1, -0.05) is 35.4 Å². The molecule has 0 radical (unpaired) electrons. The summed E-state index contributed by atoms with van der Waals surface area (Å²) in [6.45, 7) is 7.32. The van der Waals surface area contributed by atoms with Crippen LogP contribution in [-0.4, -0.2) is 41.1 Å². The number of alkyl carbamates (subject to hydrolysis) is 1. The first-order valence-corrected chi connectivity index (χ1v) is 10.5. The van der Waals surface area contributed by atoms with Crippen LogP contribution in [0.15, 0.2) is 48.5 Å². The third-order valence-corrected chi connectivity index (χ3v) is 4.61. The molecule has 9 heteroatoms. The van der Waals surface area contributed by atoms with E-state index in [1.807, 2.05) is 6.92 Å². The molecule has 1 heterocycles. The minimum absolute atomic E-state index is 0.153. The maximum atomic E-state index is 12.8. The van der Waals surface area contributed by atoms with E-state index < -0.39 is 35.5 Å². The summed E-state index contributed by atoms with van der Waals surface area (Å²) in [7, 11) is 0. The number of carbonyl (C=O) groups is 4. The molecule has 1 N–H and O–H groups in total. The van der Waals surface area contributed by atoms with E-state index in [1.54, 1.807) is 57.2 Å². The molecule has 3 rings (SSSR count). The molecular weight excluding hydrogens is 428 g/mol. The molecule has 0 spiro atoms. The van der Waals surface area contributed by atoms with E-state index in [9.17, 15) is 19.2 Å². The Labute approximate surface area is 191 Å². The molecule has 0 unspecified atom stereocenters. The van der Waals surface area contributed by atoms with Gasteiger partial charge in [-0.2, -0.15) is 0 Å². The van der Waals surface area contributed by atoms with E-state index in [1.165, 1.54) is 12.1 Å². The first-order chi connectivity index (χ1) is 15.6. The Kier molecular flexibility index (Phi) is 7.01. The maximum Gasteiger partial charge on any atom is 0.408 e. The van der Waals surface area contributed by atoms with Crippen LogP contribution in [0.5, 0.6) is 5.75 Å². The van der Waals surface area contributed by atoms with Gasteiger partial charge in [0.1, 0.15) is 11.4 Å². The van der Waals surface area contributed by atoms with E-state index in [0.717, 1.165) is 0 Å². The van der Waals surface area contributed by atoms with Gasteiger partial charge in [0.2, 0.25) is 0 Å². The Bertz CT molecular complexity index is 1040. The Balaban J connectivity index is 1.80. The van der Waals surface area contributed by atoms with Crippen LogP contribution in [0.2, 0.25) is 0 Å². The lowest BCUT2D eigenvalue weighted by Crippen LogP contribution is -2.38. The highest BCUT2D eigenvalue weighted by molar-refractivity contribution is 6.20. The van der Waals surface area contributed by atoms with Crippen LogP contribution in [0.3, 0.4) is 0 Å². The van der Waals surface area contributed by atoms with E-state index in [4.69, 9.17) is 14.3 Å². The van der Waals surface area contributed by atoms with Gasteiger partial charge < -0.3 is 19.6 Å². The van der Waals surface area contributed by atoms with Gasteiger partial charge in [-0.25, -0.2) is 9.59 Å². The highest BCUT2D eigenvalue weighted by Gasteiger charge is 2.39. The van der Waals surface area contributed by atoms with Gasteiger partial charge in [0.15, 0.2) is 0 Å². The van der Waals surface area contributed by atoms with Crippen LogP contribution >= 0.6 is 0 Å². The van der Waals surface area contributed by atoms with Crippen molar-refractivity contribution in [1.82, 2.24) is 10.4 Å². The largest absolute Gasteiger partial charge is 0.494 e. The number of benzene rings is 2. The Morgan fingerprint density at radius 3 is 2.12 bits per heavy atom. The van der Waals surface area contributed by atoms with Gasteiger partial charge in [-0.3, -0.25) is 9.59 Å². The zero-order chi connectivity index (χ0) is 24.2. The van der Waals surface area contributed by atoms with Crippen LogP contribution in [0.4, 0.5) is 4.79 Å². The molecule has 0 aromatic heterocycles. The summed E-state index contributed by atoms with van der Waals surface area (Å²) in [5.41, 5.74) is 0.0692. The molecule has 0 saturated carbocycles. The minimum Gasteiger partial charge on any atom is -0.494 e. The van der Waals surface area contributed by atoms with Gasteiger partial charge in [0, 0.05) is 5.56 Å². The van der Waals surface area contributed by atoms with Crippen LogP contribution < -0.4 is 10.1 Å². The summed E-state index contributed by atoms with van der Waals surface area (Å²) < 4.78 is 10.9. The van der Waals surface area contributed by atoms with Crippen LogP contribution in [0.1, 0.15) is 66.4 Å². The van der Waals surface area contributed by atoms with Crippen molar-refractivity contribution in [1.29, 1.82) is 0 Å². The third kappa shape index (κ3) is 5.68. The van der Waals surface area contributed by atoms with Crippen molar-refractivity contribution in [2.75, 3.05) is 6.61 Å². The summed E-state index contributed by atoms with van der Waals surface area (Å²) in [6, 6.07) is 12.2. The molecule has 33 heavy (non-hydrogen) atoms. The number of ether oxygens (including phenoxy) is 2. The third-order valence-electron chi connectivity index (χ3n) is 4.61. The average Bonchev–Trinajstić information content (AvgIpc) is 2.98. The second kappa shape index (κ2) is 9.72. The molecule has 0 aliphatic carbocycles. The second-order valence-corrected chi connectivity index (χ2v) is 8.29. The van der Waals surface area contributed by atoms with E-state index in [2.05, 4.69) is 5.32 Å². The zero-order valence-corrected chi connectivity index (χ0v) is 18.9. The predicted octanol–water partition coefficient (Wildman–Crippen LogP) is 3.80. The normalized spacial score (nSPS) is 13.9. The lowest BCUT2D eigenvalue weighted by Gasteiger charge is -2.25. The Morgan fingerprint density at radius 1 is 0.970 bits per heavy atom. The van der Waals surface area contributed by atoms with Crippen molar-refractivity contribution >= 4 is 23.9 Å². The van der Waals surface area contributed by atoms with Gasteiger partial charge in [-0.05, 0) is 45.9 Å². The number of imide groups is 1. The number of amides is 3. The molecule has 3 amide bonds. The number of para-hydroxylation sites is 1. The van der Waals surface area contributed by atoms with Crippen LogP contribution in [-0.2, 0) is 14.4 Å². The fraction of sp³-hybridized carbons (Fsp3) is 0.333. The summed E-state index contributed by atoms with van der Waals surface area (Å²) in [6.07, 6.45) is -1.12. The second-order valence-electron chi connectivity index (χ2n) is 8.29. The van der Waals surface area contributed by atoms with E-state index in [-0.39, 0.29) is 17.5 Å². The topological polar surface area (TPSA) is 111 Å². The van der Waals surface area contributed by atoms with Crippen molar-refractivity contribution in [2.24, 2.45) is 0 Å². The molecule has 0 bridgehead atoms. The number of hydrogen-bond acceptors (Lipinski definition) is 7. The molecule has 1 aliphatic rings. The molecule has 1 aliphatic heterocycles. The summed E-state index contributed by atoms with van der Waals surface area (Å²) in [5, 5.41) is 3.09. The van der Waals surface area contributed by atoms with Crippen molar-refractivity contribution < 1.29 is 33.5 Å². The fourth-order valence-corrected chi connectivity index (χ4v) is 3.30. The Hall–Kier alpha value is -3.88. The number of hydroxylamine groups is 2. The summed E-state index contributed by atoms with van der Waals surface area (Å²) >= 11 is 0. The highest BCUT2D eigenvalue weighted by Crippen LogP contribution is 2.29. The number of rotatable bonds is 7. The van der Waals surface area contributed by atoms with E-state index >= 15 is 0 Å². The minimum atomic E-state index is -0.898. The monoisotopic (exact) mass is 454 g/mol. The first-order valence-electron chi connectivity index (χ1n) is 10.5. The maximum absolute atomic E-state index is 12.8. The molecule has 2 aromatic carbocycles. The summed E-state index contributed by atoms with van der Waals surface area (Å²) in [4.78, 5) is 55.3. The lowest BCUT2D eigenvalue weighted by molar-refractivity contribution is -0.169. The molecular formula is C24H26N2O7. The quantitative estimate of drug-likeness (QED) is 0.634. The summed E-state index contributed by atoms with van der Waals surface area (Å²) in [5.74, 6) is -1.88. The van der Waals surface area contributed by atoms with Crippen molar-refractivity contribution in [3.05, 3.63) is 65.2 Å². The van der Waals surface area contributed by atoms with Gasteiger partial charge in [0.05, 0.1) is 30.2 Å². The number of fused-ring (bicyclic) bond motifs is 1. The first kappa shape index (κ1) is 23.8. The van der Waals surface area contributed by atoms with E-state index in [0.29, 0.717) is 23.0 Å². The van der Waals surface area contributed by atoms with Gasteiger partial charge in [-0.15, -0.1) is 0 Å². The molecule has 2 aromatic rings. The van der Waals surface area contributed by atoms with Gasteiger partial charge >= 0.3 is 12.1 Å². The molecule has 0 fully saturated rings. The van der Waals surface area contributed by atoms with Crippen molar-refractivity contribution in [2.45, 2.75) is 45.8 Å². The SMILES string of the molecule is CCOc1ccccc1[C@@H](CC(=O)ON1C(=O)c2ccccc2C1=O)NC(=O)OC(C)(C)C. The van der Waals surface area contributed by atoms with Crippen LogP contribution in [0.25, 0.3) is 0 Å². The standard InChI is InChI=1S/C24H26N2O7/c1-5-31-19-13-9-8-12-17(19)18(25-23(30)32-24(2,3)4)14-20(27)33-26-21(28)15-10-6-7-11-16(15)22(26)29/h6-13,18H,5,14H2,1-4H3,(H,25,30)/t18-/m1/s1. The predicted molar refractivity (Wildman–Crippen MR) is 117 cm³/mol. The molecule has 174 valence electrons. The van der Waals surface area contributed by atoms with Crippen molar-refractivity contribution in [3.8, 4) is 5.75 Å². The number of nitrogens with one attached hydrogen (secondary N) is 1. The van der Waals surface area contributed by atoms with Crippen LogP contribution in [0, 0.1) is 0 Å².